The van der Waals surface area contributed by atoms with E-state index in [0.29, 0.717) is 29.5 Å². The van der Waals surface area contributed by atoms with Gasteiger partial charge < -0.3 is 19.5 Å². The summed E-state index contributed by atoms with van der Waals surface area (Å²) in [4.78, 5) is 21.4. The van der Waals surface area contributed by atoms with Gasteiger partial charge in [0.2, 0.25) is 0 Å². The number of carbonyl (C=O) groups excluding carboxylic acids is 1. The third-order valence-corrected chi connectivity index (χ3v) is 5.70. The highest BCUT2D eigenvalue weighted by atomic mass is 35.5. The highest BCUT2D eigenvalue weighted by molar-refractivity contribution is 6.31. The molecule has 1 N–H and O–H groups in total. The molecule has 1 aliphatic rings. The van der Waals surface area contributed by atoms with Gasteiger partial charge in [-0.3, -0.25) is 4.90 Å². The Hall–Kier alpha value is -3.03. The van der Waals surface area contributed by atoms with E-state index in [1.807, 2.05) is 35.5 Å². The number of aromatic nitrogens is 2. The van der Waals surface area contributed by atoms with E-state index in [0.717, 1.165) is 37.6 Å². The number of amides is 2. The number of hydrogen-bond donors (Lipinski definition) is 1. The Kier molecular flexibility index (Phi) is 6.74. The largest absolute Gasteiger partial charge is 0.495 e. The Morgan fingerprint density at radius 3 is 2.61 bits per heavy atom. The fourth-order valence-corrected chi connectivity index (χ4v) is 3.91. The zero-order valence-corrected chi connectivity index (χ0v) is 18.3. The zero-order chi connectivity index (χ0) is 21.6. The average Bonchev–Trinajstić information content (AvgIpc) is 3.27. The van der Waals surface area contributed by atoms with E-state index in [9.17, 15) is 4.79 Å². The van der Waals surface area contributed by atoms with Crippen LogP contribution in [0, 0.1) is 0 Å². The predicted molar refractivity (Wildman–Crippen MR) is 123 cm³/mol. The van der Waals surface area contributed by atoms with Crippen LogP contribution >= 0.6 is 11.6 Å². The molecule has 1 aromatic heterocycles. The maximum Gasteiger partial charge on any atom is 0.322 e. The highest BCUT2D eigenvalue weighted by Gasteiger charge is 2.22. The summed E-state index contributed by atoms with van der Waals surface area (Å²) >= 11 is 6.06. The summed E-state index contributed by atoms with van der Waals surface area (Å²) in [5.41, 5.74) is 1.70. The van der Waals surface area contributed by atoms with Gasteiger partial charge in [-0.2, -0.15) is 0 Å². The maximum atomic E-state index is 12.7. The van der Waals surface area contributed by atoms with E-state index >= 15 is 0 Å². The molecule has 1 saturated heterocycles. The molecule has 2 amide bonds. The molecular weight excluding hydrogens is 414 g/mol. The number of urea groups is 1. The summed E-state index contributed by atoms with van der Waals surface area (Å²) in [6, 6.07) is 15.2. The lowest BCUT2D eigenvalue weighted by atomic mass is 10.2. The van der Waals surface area contributed by atoms with Crippen molar-refractivity contribution in [2.24, 2.45) is 0 Å². The number of piperazine rings is 1. The third-order valence-electron chi connectivity index (χ3n) is 5.47. The zero-order valence-electron chi connectivity index (χ0n) is 17.5. The summed E-state index contributed by atoms with van der Waals surface area (Å²) in [5.74, 6) is 1.57. The first-order valence-corrected chi connectivity index (χ1v) is 10.7. The number of rotatable bonds is 6. The van der Waals surface area contributed by atoms with Gasteiger partial charge in [-0.1, -0.05) is 41.9 Å². The third kappa shape index (κ3) is 5.18. The monoisotopic (exact) mass is 439 g/mol. The van der Waals surface area contributed by atoms with Crippen LogP contribution in [0.5, 0.6) is 5.75 Å². The van der Waals surface area contributed by atoms with Gasteiger partial charge in [-0.05, 0) is 18.2 Å². The van der Waals surface area contributed by atoms with E-state index in [2.05, 4.69) is 31.9 Å². The van der Waals surface area contributed by atoms with Crippen molar-refractivity contribution >= 4 is 23.3 Å². The molecule has 7 nitrogen and oxygen atoms in total. The van der Waals surface area contributed by atoms with Crippen molar-refractivity contribution in [3.8, 4) is 17.1 Å². The first-order chi connectivity index (χ1) is 15.1. The van der Waals surface area contributed by atoms with Gasteiger partial charge in [-0.25, -0.2) is 9.78 Å². The fourth-order valence-electron chi connectivity index (χ4n) is 3.73. The number of nitrogens with zero attached hydrogens (tertiary/aromatic N) is 4. The SMILES string of the molecule is COc1ccc(Cl)cc1NC(=O)N1CCN(CCn2ccnc2-c2ccccc2)CC1. The van der Waals surface area contributed by atoms with E-state index in [4.69, 9.17) is 16.3 Å². The number of anilines is 1. The second-order valence-electron chi connectivity index (χ2n) is 7.41. The van der Waals surface area contributed by atoms with Crippen LogP contribution in [0.4, 0.5) is 10.5 Å². The van der Waals surface area contributed by atoms with Crippen molar-refractivity contribution in [3.05, 3.63) is 65.9 Å². The summed E-state index contributed by atoms with van der Waals surface area (Å²) in [6.07, 6.45) is 3.86. The van der Waals surface area contributed by atoms with Crippen molar-refractivity contribution in [1.29, 1.82) is 0 Å². The van der Waals surface area contributed by atoms with Gasteiger partial charge in [0, 0.05) is 62.2 Å². The standard InChI is InChI=1S/C23H26ClN5O2/c1-31-21-8-7-19(24)17-20(21)26-23(30)29-15-12-27(13-16-29)11-14-28-10-9-25-22(28)18-5-3-2-4-6-18/h2-10,17H,11-16H2,1H3,(H,26,30). The Labute approximate surface area is 187 Å². The molecule has 162 valence electrons. The van der Waals surface area contributed by atoms with Gasteiger partial charge in [-0.15, -0.1) is 0 Å². The molecule has 1 aliphatic heterocycles. The molecule has 1 fully saturated rings. The van der Waals surface area contributed by atoms with Crippen molar-refractivity contribution in [2.75, 3.05) is 45.2 Å². The van der Waals surface area contributed by atoms with Crippen molar-refractivity contribution in [1.82, 2.24) is 19.4 Å². The van der Waals surface area contributed by atoms with Crippen LogP contribution in [0.1, 0.15) is 0 Å². The Morgan fingerprint density at radius 2 is 1.87 bits per heavy atom. The van der Waals surface area contributed by atoms with Gasteiger partial charge in [0.1, 0.15) is 11.6 Å². The van der Waals surface area contributed by atoms with Crippen LogP contribution in [0.15, 0.2) is 60.9 Å². The summed E-state index contributed by atoms with van der Waals surface area (Å²) in [5, 5.41) is 3.46. The minimum atomic E-state index is -0.138. The van der Waals surface area contributed by atoms with Crippen LogP contribution in [0.3, 0.4) is 0 Å². The number of methoxy groups -OCH3 is 1. The molecule has 31 heavy (non-hydrogen) atoms. The fraction of sp³-hybridized carbons (Fsp3) is 0.304. The molecule has 0 aliphatic carbocycles. The number of ether oxygens (including phenoxy) is 1. The van der Waals surface area contributed by atoms with Gasteiger partial charge in [0.15, 0.2) is 0 Å². The van der Waals surface area contributed by atoms with Crippen LogP contribution < -0.4 is 10.1 Å². The summed E-state index contributed by atoms with van der Waals surface area (Å²) in [7, 11) is 1.57. The lowest BCUT2D eigenvalue weighted by Crippen LogP contribution is -2.50. The minimum Gasteiger partial charge on any atom is -0.495 e. The number of benzene rings is 2. The lowest BCUT2D eigenvalue weighted by Gasteiger charge is -2.34. The molecule has 0 unspecified atom stereocenters. The molecular formula is C23H26ClN5O2. The number of carbonyl (C=O) groups is 1. The Bertz CT molecular complexity index is 1020. The van der Waals surface area contributed by atoms with Crippen molar-refractivity contribution < 1.29 is 9.53 Å². The van der Waals surface area contributed by atoms with E-state index in [1.54, 1.807) is 25.3 Å². The van der Waals surface area contributed by atoms with Crippen LogP contribution in [0.25, 0.3) is 11.4 Å². The quantitative estimate of drug-likeness (QED) is 0.629. The van der Waals surface area contributed by atoms with Crippen LogP contribution in [0.2, 0.25) is 5.02 Å². The summed E-state index contributed by atoms with van der Waals surface area (Å²) in [6.45, 7) is 4.77. The molecule has 0 radical (unpaired) electrons. The molecule has 0 bridgehead atoms. The molecule has 4 rings (SSSR count). The molecule has 2 aromatic carbocycles. The van der Waals surface area contributed by atoms with Crippen molar-refractivity contribution in [3.63, 3.8) is 0 Å². The molecule has 0 atom stereocenters. The van der Waals surface area contributed by atoms with Crippen molar-refractivity contribution in [2.45, 2.75) is 6.54 Å². The van der Waals surface area contributed by atoms with E-state index in [1.165, 1.54) is 0 Å². The number of hydrogen-bond acceptors (Lipinski definition) is 4. The first-order valence-electron chi connectivity index (χ1n) is 10.3. The van der Waals surface area contributed by atoms with Crippen LogP contribution in [-0.2, 0) is 6.54 Å². The normalized spacial score (nSPS) is 14.5. The van der Waals surface area contributed by atoms with Crippen LogP contribution in [-0.4, -0.2) is 65.2 Å². The molecule has 2 heterocycles. The maximum absolute atomic E-state index is 12.7. The molecule has 3 aromatic rings. The van der Waals surface area contributed by atoms with Gasteiger partial charge >= 0.3 is 6.03 Å². The van der Waals surface area contributed by atoms with E-state index in [-0.39, 0.29) is 6.03 Å². The molecule has 8 heteroatoms. The average molecular weight is 440 g/mol. The Balaban J connectivity index is 1.28. The van der Waals surface area contributed by atoms with Gasteiger partial charge in [0.25, 0.3) is 0 Å². The lowest BCUT2D eigenvalue weighted by molar-refractivity contribution is 0.144. The first kappa shape index (κ1) is 21.2. The number of imidazole rings is 1. The summed E-state index contributed by atoms with van der Waals surface area (Å²) < 4.78 is 7.49. The predicted octanol–water partition coefficient (Wildman–Crippen LogP) is 4.06. The minimum absolute atomic E-state index is 0.138. The van der Waals surface area contributed by atoms with E-state index < -0.39 is 0 Å². The number of nitrogens with one attached hydrogen (secondary N) is 1. The second kappa shape index (κ2) is 9.85. The highest BCUT2D eigenvalue weighted by Crippen LogP contribution is 2.28. The van der Waals surface area contributed by atoms with Gasteiger partial charge in [0.05, 0.1) is 12.8 Å². The second-order valence-corrected chi connectivity index (χ2v) is 7.85. The topological polar surface area (TPSA) is 62.6 Å². The molecule has 0 spiro atoms. The number of halogens is 1. The molecule has 0 saturated carbocycles. The Morgan fingerprint density at radius 1 is 1.10 bits per heavy atom. The smallest absolute Gasteiger partial charge is 0.322 e.